The van der Waals surface area contributed by atoms with Crippen molar-refractivity contribution in [3.05, 3.63) is 29.3 Å². The third-order valence-corrected chi connectivity index (χ3v) is 5.54. The molecule has 2 heterocycles. The summed E-state index contributed by atoms with van der Waals surface area (Å²) in [5, 5.41) is 3.42. The largest absolute Gasteiger partial charge is 0.385 e. The normalized spacial score (nSPS) is 27.7. The fourth-order valence-corrected chi connectivity index (χ4v) is 4.48. The fraction of sp³-hybridized carbons (Fsp3) is 0.611. The zero-order chi connectivity index (χ0) is 14.2. The minimum Gasteiger partial charge on any atom is -0.385 e. The molecular formula is C18H24N2O. The van der Waals surface area contributed by atoms with Gasteiger partial charge in [0.25, 0.3) is 5.91 Å². The van der Waals surface area contributed by atoms with Crippen LogP contribution in [0.5, 0.6) is 0 Å². The topological polar surface area (TPSA) is 32.3 Å². The van der Waals surface area contributed by atoms with Crippen molar-refractivity contribution in [1.29, 1.82) is 0 Å². The summed E-state index contributed by atoms with van der Waals surface area (Å²) in [4.78, 5) is 15.1. The molecule has 4 rings (SSSR count). The number of benzene rings is 1. The minimum atomic E-state index is 0.264. The second-order valence-electron chi connectivity index (χ2n) is 6.80. The molecule has 1 saturated carbocycles. The van der Waals surface area contributed by atoms with Gasteiger partial charge in [-0.15, -0.1) is 0 Å². The lowest BCUT2D eigenvalue weighted by molar-refractivity contribution is 0.0548. The Labute approximate surface area is 126 Å². The second kappa shape index (κ2) is 5.36. The Morgan fingerprint density at radius 2 is 2.05 bits per heavy atom. The number of fused-ring (bicyclic) bond motifs is 2. The molecule has 3 nitrogen and oxygen atoms in total. The molecule has 112 valence electrons. The van der Waals surface area contributed by atoms with Crippen LogP contribution >= 0.6 is 0 Å². The number of carbonyl (C=O) groups excluding carboxylic acids is 1. The van der Waals surface area contributed by atoms with E-state index in [0.29, 0.717) is 6.04 Å². The number of carbonyl (C=O) groups is 1. The van der Waals surface area contributed by atoms with Crippen LogP contribution in [0.2, 0.25) is 0 Å². The van der Waals surface area contributed by atoms with E-state index >= 15 is 0 Å². The van der Waals surface area contributed by atoms with Crippen LogP contribution in [-0.2, 0) is 6.42 Å². The van der Waals surface area contributed by atoms with Crippen molar-refractivity contribution >= 4 is 11.6 Å². The van der Waals surface area contributed by atoms with Crippen molar-refractivity contribution < 1.29 is 4.79 Å². The molecule has 0 bridgehead atoms. The van der Waals surface area contributed by atoms with E-state index in [0.717, 1.165) is 31.0 Å². The lowest BCUT2D eigenvalue weighted by Gasteiger charge is -2.38. The number of hydrogen-bond acceptors (Lipinski definition) is 2. The van der Waals surface area contributed by atoms with Gasteiger partial charge in [-0.05, 0) is 68.2 Å². The van der Waals surface area contributed by atoms with Crippen LogP contribution in [0.25, 0.3) is 0 Å². The van der Waals surface area contributed by atoms with Gasteiger partial charge < -0.3 is 10.2 Å². The van der Waals surface area contributed by atoms with Crippen LogP contribution in [0, 0.1) is 5.92 Å². The summed E-state index contributed by atoms with van der Waals surface area (Å²) in [5.41, 5.74) is 3.42. The van der Waals surface area contributed by atoms with E-state index in [1.165, 1.54) is 49.8 Å². The number of anilines is 1. The number of nitrogens with one attached hydrogen (secondary N) is 1. The molecule has 1 aromatic rings. The van der Waals surface area contributed by atoms with Crippen molar-refractivity contribution in [3.63, 3.8) is 0 Å². The Bertz CT molecular complexity index is 554. The van der Waals surface area contributed by atoms with Gasteiger partial charge in [-0.2, -0.15) is 0 Å². The Morgan fingerprint density at radius 3 is 3.00 bits per heavy atom. The molecule has 1 N–H and O–H groups in total. The lowest BCUT2D eigenvalue weighted by Crippen LogP contribution is -2.46. The summed E-state index contributed by atoms with van der Waals surface area (Å²) in [6.07, 6.45) is 8.59. The smallest absolute Gasteiger partial charge is 0.254 e. The molecule has 1 saturated heterocycles. The van der Waals surface area contributed by atoms with E-state index in [9.17, 15) is 4.79 Å². The van der Waals surface area contributed by atoms with Crippen molar-refractivity contribution in [2.24, 2.45) is 5.92 Å². The maximum absolute atomic E-state index is 12.9. The van der Waals surface area contributed by atoms with E-state index in [1.807, 2.05) is 6.07 Å². The standard InChI is InChI=1S/C18H24N2O/c21-18(20-11-3-6-13-4-1-7-17(13)20)15-8-9-16-14(12-15)5-2-10-19-16/h8-9,12-13,17,19H,1-7,10-11H2. The fourth-order valence-electron chi connectivity index (χ4n) is 4.48. The average Bonchev–Trinajstić information content (AvgIpc) is 3.02. The highest BCUT2D eigenvalue weighted by atomic mass is 16.2. The zero-order valence-corrected chi connectivity index (χ0v) is 12.6. The van der Waals surface area contributed by atoms with Gasteiger partial charge in [0.15, 0.2) is 0 Å². The summed E-state index contributed by atoms with van der Waals surface area (Å²) in [7, 11) is 0. The summed E-state index contributed by atoms with van der Waals surface area (Å²) in [6.45, 7) is 2.01. The quantitative estimate of drug-likeness (QED) is 0.856. The highest BCUT2D eigenvalue weighted by molar-refractivity contribution is 5.95. The number of piperidine rings is 1. The number of hydrogen-bond donors (Lipinski definition) is 1. The predicted molar refractivity (Wildman–Crippen MR) is 84.7 cm³/mol. The molecule has 2 atom stereocenters. The van der Waals surface area contributed by atoms with Crippen molar-refractivity contribution in [1.82, 2.24) is 4.90 Å². The summed E-state index contributed by atoms with van der Waals surface area (Å²) >= 11 is 0. The molecule has 3 aliphatic rings. The SMILES string of the molecule is O=C(c1ccc2c(c1)CCCN2)N1CCCC2CCCC21. The number of aryl methyl sites for hydroxylation is 1. The zero-order valence-electron chi connectivity index (χ0n) is 12.6. The summed E-state index contributed by atoms with van der Waals surface area (Å²) < 4.78 is 0. The molecule has 1 amide bonds. The van der Waals surface area contributed by atoms with Crippen LogP contribution in [0.4, 0.5) is 5.69 Å². The second-order valence-corrected chi connectivity index (χ2v) is 6.80. The van der Waals surface area contributed by atoms with E-state index in [1.54, 1.807) is 0 Å². The molecule has 2 unspecified atom stereocenters. The van der Waals surface area contributed by atoms with Gasteiger partial charge in [0.1, 0.15) is 0 Å². The molecule has 2 fully saturated rings. The van der Waals surface area contributed by atoms with Crippen LogP contribution in [0.3, 0.4) is 0 Å². The van der Waals surface area contributed by atoms with Crippen molar-refractivity contribution in [2.45, 2.75) is 51.0 Å². The first kappa shape index (κ1) is 13.2. The maximum Gasteiger partial charge on any atom is 0.254 e. The summed E-state index contributed by atoms with van der Waals surface area (Å²) in [5.74, 6) is 1.03. The van der Waals surface area contributed by atoms with Crippen LogP contribution in [0.1, 0.15) is 54.4 Å². The molecule has 2 aliphatic heterocycles. The molecule has 1 aliphatic carbocycles. The Hall–Kier alpha value is -1.51. The maximum atomic E-state index is 12.9. The number of rotatable bonds is 1. The highest BCUT2D eigenvalue weighted by Crippen LogP contribution is 2.37. The van der Waals surface area contributed by atoms with Gasteiger partial charge in [0, 0.05) is 30.4 Å². The van der Waals surface area contributed by atoms with Gasteiger partial charge >= 0.3 is 0 Å². The molecule has 0 spiro atoms. The van der Waals surface area contributed by atoms with Gasteiger partial charge in [-0.3, -0.25) is 4.79 Å². The predicted octanol–water partition coefficient (Wildman–Crippen LogP) is 3.45. The number of likely N-dealkylation sites (tertiary alicyclic amines) is 1. The van der Waals surface area contributed by atoms with Crippen LogP contribution < -0.4 is 5.32 Å². The van der Waals surface area contributed by atoms with E-state index < -0.39 is 0 Å². The van der Waals surface area contributed by atoms with Crippen molar-refractivity contribution in [3.8, 4) is 0 Å². The Kier molecular flexibility index (Phi) is 3.36. The van der Waals surface area contributed by atoms with Crippen LogP contribution in [0.15, 0.2) is 18.2 Å². The number of nitrogens with zero attached hydrogens (tertiary/aromatic N) is 1. The Morgan fingerprint density at radius 1 is 1.14 bits per heavy atom. The molecule has 0 radical (unpaired) electrons. The monoisotopic (exact) mass is 284 g/mol. The van der Waals surface area contributed by atoms with Gasteiger partial charge in [0.2, 0.25) is 0 Å². The molecule has 21 heavy (non-hydrogen) atoms. The van der Waals surface area contributed by atoms with E-state index in [2.05, 4.69) is 22.3 Å². The van der Waals surface area contributed by atoms with E-state index in [4.69, 9.17) is 0 Å². The molecule has 0 aromatic heterocycles. The number of amides is 1. The minimum absolute atomic E-state index is 0.264. The first-order chi connectivity index (χ1) is 10.3. The highest BCUT2D eigenvalue weighted by Gasteiger charge is 2.37. The van der Waals surface area contributed by atoms with Gasteiger partial charge in [0.05, 0.1) is 0 Å². The summed E-state index contributed by atoms with van der Waals surface area (Å²) in [6, 6.07) is 6.75. The third kappa shape index (κ3) is 2.33. The lowest BCUT2D eigenvalue weighted by atomic mass is 9.91. The van der Waals surface area contributed by atoms with Crippen molar-refractivity contribution in [2.75, 3.05) is 18.4 Å². The average molecular weight is 284 g/mol. The first-order valence-corrected chi connectivity index (χ1v) is 8.51. The molecule has 1 aromatic carbocycles. The first-order valence-electron chi connectivity index (χ1n) is 8.51. The molecular weight excluding hydrogens is 260 g/mol. The van der Waals surface area contributed by atoms with Crippen LogP contribution in [-0.4, -0.2) is 29.9 Å². The Balaban J connectivity index is 1.59. The van der Waals surface area contributed by atoms with Gasteiger partial charge in [-0.1, -0.05) is 6.42 Å². The molecule has 3 heteroatoms. The third-order valence-electron chi connectivity index (χ3n) is 5.54. The van der Waals surface area contributed by atoms with Gasteiger partial charge in [-0.25, -0.2) is 0 Å². The van der Waals surface area contributed by atoms with E-state index in [-0.39, 0.29) is 5.91 Å².